The molecule has 0 aliphatic carbocycles. The van der Waals surface area contributed by atoms with Crippen LogP contribution in [-0.4, -0.2) is 11.7 Å². The SMILES string of the molecule is CCCNc1noc(N)c1C#N. The minimum atomic E-state index is 0.0658. The molecule has 0 atom stereocenters. The number of aromatic nitrogens is 1. The quantitative estimate of drug-likeness (QED) is 0.697. The molecule has 1 aromatic heterocycles. The first-order valence-electron chi connectivity index (χ1n) is 3.68. The Kier molecular flexibility index (Phi) is 2.53. The Hall–Kier alpha value is -1.70. The molecule has 5 nitrogen and oxygen atoms in total. The van der Waals surface area contributed by atoms with Crippen LogP contribution in [0.15, 0.2) is 4.52 Å². The molecule has 1 rings (SSSR count). The van der Waals surface area contributed by atoms with Crippen molar-refractivity contribution in [3.63, 3.8) is 0 Å². The number of hydrogen-bond donors (Lipinski definition) is 2. The summed E-state index contributed by atoms with van der Waals surface area (Å²) in [5.74, 6) is 0.493. The average molecular weight is 166 g/mol. The number of nitrogen functional groups attached to an aromatic ring is 1. The van der Waals surface area contributed by atoms with Crippen LogP contribution in [0, 0.1) is 11.3 Å². The molecule has 0 aliphatic heterocycles. The molecule has 3 N–H and O–H groups in total. The zero-order valence-electron chi connectivity index (χ0n) is 6.79. The van der Waals surface area contributed by atoms with E-state index in [-0.39, 0.29) is 11.4 Å². The third-order valence-electron chi connectivity index (χ3n) is 1.37. The molecule has 64 valence electrons. The molecule has 1 aromatic rings. The van der Waals surface area contributed by atoms with Gasteiger partial charge in [0.15, 0.2) is 11.4 Å². The highest BCUT2D eigenvalue weighted by atomic mass is 16.5. The third-order valence-corrected chi connectivity index (χ3v) is 1.37. The number of nitrogens with one attached hydrogen (secondary N) is 1. The Morgan fingerprint density at radius 3 is 3.08 bits per heavy atom. The summed E-state index contributed by atoms with van der Waals surface area (Å²) in [6.07, 6.45) is 0.956. The van der Waals surface area contributed by atoms with Gasteiger partial charge in [-0.05, 0) is 6.42 Å². The topological polar surface area (TPSA) is 87.9 Å². The Labute approximate surface area is 70.1 Å². The first-order chi connectivity index (χ1) is 5.79. The molecule has 0 saturated carbocycles. The van der Waals surface area contributed by atoms with Crippen LogP contribution in [0.4, 0.5) is 11.7 Å². The summed E-state index contributed by atoms with van der Waals surface area (Å²) in [6.45, 7) is 2.77. The molecule has 0 saturated heterocycles. The highest BCUT2D eigenvalue weighted by Crippen LogP contribution is 2.19. The predicted molar refractivity (Wildman–Crippen MR) is 44.4 cm³/mol. The Bertz CT molecular complexity index is 299. The lowest BCUT2D eigenvalue weighted by Gasteiger charge is -1.96. The number of rotatable bonds is 3. The van der Waals surface area contributed by atoms with Crippen molar-refractivity contribution < 1.29 is 4.52 Å². The molecule has 0 bridgehead atoms. The van der Waals surface area contributed by atoms with Crippen molar-refractivity contribution >= 4 is 11.7 Å². The van der Waals surface area contributed by atoms with Gasteiger partial charge in [-0.1, -0.05) is 12.1 Å². The predicted octanol–water partition coefficient (Wildman–Crippen LogP) is 0.950. The highest BCUT2D eigenvalue weighted by molar-refractivity contribution is 5.60. The van der Waals surface area contributed by atoms with Crippen LogP contribution < -0.4 is 11.1 Å². The lowest BCUT2D eigenvalue weighted by molar-refractivity contribution is 0.439. The standard InChI is InChI=1S/C7H10N4O/c1-2-3-10-7-5(4-8)6(9)12-11-7/h2-3,9H2,1H3,(H,10,11). The van der Waals surface area contributed by atoms with Gasteiger partial charge in [-0.25, -0.2) is 0 Å². The first kappa shape index (κ1) is 8.40. The van der Waals surface area contributed by atoms with Crippen LogP contribution in [0.3, 0.4) is 0 Å². The van der Waals surface area contributed by atoms with Gasteiger partial charge in [0.2, 0.25) is 5.88 Å². The summed E-state index contributed by atoms with van der Waals surface area (Å²) < 4.78 is 4.63. The molecule has 12 heavy (non-hydrogen) atoms. The normalized spacial score (nSPS) is 9.33. The molecular weight excluding hydrogens is 156 g/mol. The van der Waals surface area contributed by atoms with Gasteiger partial charge in [0.25, 0.3) is 0 Å². The van der Waals surface area contributed by atoms with E-state index < -0.39 is 0 Å². The van der Waals surface area contributed by atoms with Crippen LogP contribution in [-0.2, 0) is 0 Å². The number of nitrogens with zero attached hydrogens (tertiary/aromatic N) is 2. The second-order valence-corrected chi connectivity index (χ2v) is 2.31. The fraction of sp³-hybridized carbons (Fsp3) is 0.429. The third kappa shape index (κ3) is 1.48. The van der Waals surface area contributed by atoms with E-state index in [2.05, 4.69) is 15.0 Å². The van der Waals surface area contributed by atoms with E-state index >= 15 is 0 Å². The van der Waals surface area contributed by atoms with E-state index in [1.165, 1.54) is 0 Å². The van der Waals surface area contributed by atoms with E-state index in [1.807, 2.05) is 13.0 Å². The number of nitriles is 1. The van der Waals surface area contributed by atoms with Crippen molar-refractivity contribution in [1.82, 2.24) is 5.16 Å². The largest absolute Gasteiger partial charge is 0.366 e. The van der Waals surface area contributed by atoms with Gasteiger partial charge in [-0.3, -0.25) is 0 Å². The zero-order chi connectivity index (χ0) is 8.97. The molecule has 0 fully saturated rings. The van der Waals surface area contributed by atoms with Crippen molar-refractivity contribution in [2.24, 2.45) is 0 Å². The maximum absolute atomic E-state index is 8.62. The number of hydrogen-bond acceptors (Lipinski definition) is 5. The minimum Gasteiger partial charge on any atom is -0.366 e. The zero-order valence-corrected chi connectivity index (χ0v) is 6.79. The summed E-state index contributed by atoms with van der Waals surface area (Å²) in [5.41, 5.74) is 5.61. The first-order valence-corrected chi connectivity index (χ1v) is 3.68. The Morgan fingerprint density at radius 1 is 1.75 bits per heavy atom. The number of nitrogens with two attached hydrogens (primary N) is 1. The van der Waals surface area contributed by atoms with Crippen molar-refractivity contribution in [2.75, 3.05) is 17.6 Å². The van der Waals surface area contributed by atoms with Gasteiger partial charge in [0.05, 0.1) is 0 Å². The van der Waals surface area contributed by atoms with Gasteiger partial charge in [-0.15, -0.1) is 0 Å². The summed E-state index contributed by atoms with van der Waals surface area (Å²) in [4.78, 5) is 0. The molecule has 0 aliphatic rings. The van der Waals surface area contributed by atoms with Gasteiger partial charge in [0.1, 0.15) is 6.07 Å². The summed E-state index contributed by atoms with van der Waals surface area (Å²) >= 11 is 0. The average Bonchev–Trinajstić information content (AvgIpc) is 2.43. The molecule has 1 heterocycles. The van der Waals surface area contributed by atoms with Gasteiger partial charge in [-0.2, -0.15) is 5.26 Å². The van der Waals surface area contributed by atoms with Crippen molar-refractivity contribution in [3.8, 4) is 6.07 Å². The highest BCUT2D eigenvalue weighted by Gasteiger charge is 2.11. The fourth-order valence-electron chi connectivity index (χ4n) is 0.775. The fourth-order valence-corrected chi connectivity index (χ4v) is 0.775. The molecule has 0 radical (unpaired) electrons. The van der Waals surface area contributed by atoms with Crippen molar-refractivity contribution in [3.05, 3.63) is 5.56 Å². The summed E-state index contributed by atoms with van der Waals surface area (Å²) in [6, 6.07) is 1.91. The van der Waals surface area contributed by atoms with Crippen molar-refractivity contribution in [2.45, 2.75) is 13.3 Å². The summed E-state index contributed by atoms with van der Waals surface area (Å²) in [5, 5.41) is 15.1. The van der Waals surface area contributed by atoms with E-state index in [0.717, 1.165) is 13.0 Å². The van der Waals surface area contributed by atoms with E-state index in [1.54, 1.807) is 0 Å². The van der Waals surface area contributed by atoms with Gasteiger partial charge in [0, 0.05) is 6.54 Å². The Balaban J connectivity index is 2.79. The molecule has 0 amide bonds. The lowest BCUT2D eigenvalue weighted by atomic mass is 10.3. The lowest BCUT2D eigenvalue weighted by Crippen LogP contribution is -2.01. The van der Waals surface area contributed by atoms with Gasteiger partial charge >= 0.3 is 0 Å². The van der Waals surface area contributed by atoms with Crippen LogP contribution in [0.25, 0.3) is 0 Å². The van der Waals surface area contributed by atoms with Crippen LogP contribution in [0.5, 0.6) is 0 Å². The maximum Gasteiger partial charge on any atom is 0.242 e. The molecule has 0 aromatic carbocycles. The second kappa shape index (κ2) is 3.62. The monoisotopic (exact) mass is 166 g/mol. The maximum atomic E-state index is 8.62. The van der Waals surface area contributed by atoms with Crippen LogP contribution >= 0.6 is 0 Å². The molecule has 5 heteroatoms. The minimum absolute atomic E-state index is 0.0658. The van der Waals surface area contributed by atoms with Crippen molar-refractivity contribution in [1.29, 1.82) is 5.26 Å². The molecular formula is C7H10N4O. The van der Waals surface area contributed by atoms with E-state index in [9.17, 15) is 0 Å². The Morgan fingerprint density at radius 2 is 2.50 bits per heavy atom. The molecule has 0 unspecified atom stereocenters. The van der Waals surface area contributed by atoms with E-state index in [4.69, 9.17) is 11.0 Å². The van der Waals surface area contributed by atoms with E-state index in [0.29, 0.717) is 5.82 Å². The molecule has 0 spiro atoms. The van der Waals surface area contributed by atoms with Crippen LogP contribution in [0.1, 0.15) is 18.9 Å². The van der Waals surface area contributed by atoms with Crippen LogP contribution in [0.2, 0.25) is 0 Å². The van der Waals surface area contributed by atoms with Gasteiger partial charge < -0.3 is 15.6 Å². The summed E-state index contributed by atoms with van der Waals surface area (Å²) in [7, 11) is 0. The number of anilines is 2. The smallest absolute Gasteiger partial charge is 0.242 e. The second-order valence-electron chi connectivity index (χ2n) is 2.31.